The fourth-order valence-corrected chi connectivity index (χ4v) is 3.23. The highest BCUT2D eigenvalue weighted by Crippen LogP contribution is 2.32. The first kappa shape index (κ1) is 16.5. The Balaban J connectivity index is 2.41. The number of carbonyl (C=O) groups is 1. The number of halogens is 2. The van der Waals surface area contributed by atoms with Crippen LogP contribution in [0.5, 0.6) is 11.5 Å². The van der Waals surface area contributed by atoms with E-state index in [1.165, 1.54) is 18.2 Å². The fourth-order valence-electron chi connectivity index (χ4n) is 1.81. The fraction of sp³-hybridized carbons (Fsp3) is 0.0667. The zero-order valence-electron chi connectivity index (χ0n) is 11.4. The lowest BCUT2D eigenvalue weighted by molar-refractivity contribution is 0.0694. The highest BCUT2D eigenvalue weighted by molar-refractivity contribution is 9.11. The topological polar surface area (TPSA) is 79.1 Å². The summed E-state index contributed by atoms with van der Waals surface area (Å²) in [6.45, 7) is 0. The van der Waals surface area contributed by atoms with Gasteiger partial charge in [-0.15, -0.1) is 0 Å². The molecule has 114 valence electrons. The lowest BCUT2D eigenvalue weighted by Crippen LogP contribution is -1.96. The molecule has 0 aliphatic heterocycles. The molecule has 0 unspecified atom stereocenters. The summed E-state index contributed by atoms with van der Waals surface area (Å²) in [5.41, 5.74) is 0.930. The van der Waals surface area contributed by atoms with Gasteiger partial charge in [-0.1, -0.05) is 15.9 Å². The summed E-state index contributed by atoms with van der Waals surface area (Å²) in [6, 6.07) is 7.79. The van der Waals surface area contributed by atoms with Gasteiger partial charge in [-0.05, 0) is 46.3 Å². The number of carboxylic acids is 1. The molecule has 7 heteroatoms. The molecule has 0 saturated carbocycles. The highest BCUT2D eigenvalue weighted by atomic mass is 79.9. The molecule has 22 heavy (non-hydrogen) atoms. The molecule has 0 aromatic heterocycles. The average molecular weight is 429 g/mol. The standard InChI is InChI=1S/C15H11Br2NO4/c1-22-14-8(4-9(16)5-12(14)17)7-18-10-2-3-13(19)11(6-10)15(20)21/h2-7,19H,1H3,(H,20,21). The van der Waals surface area contributed by atoms with Gasteiger partial charge in [0.15, 0.2) is 0 Å². The maximum absolute atomic E-state index is 11.0. The van der Waals surface area contributed by atoms with Crippen molar-refractivity contribution in [2.24, 2.45) is 4.99 Å². The van der Waals surface area contributed by atoms with E-state index in [-0.39, 0.29) is 11.3 Å². The number of methoxy groups -OCH3 is 1. The van der Waals surface area contributed by atoms with E-state index in [4.69, 9.17) is 9.84 Å². The number of hydrogen-bond donors (Lipinski definition) is 2. The Kier molecular flexibility index (Phi) is 5.20. The summed E-state index contributed by atoms with van der Waals surface area (Å²) in [5.74, 6) is -0.893. The Morgan fingerprint density at radius 3 is 2.64 bits per heavy atom. The Morgan fingerprint density at radius 1 is 1.27 bits per heavy atom. The molecule has 0 aliphatic carbocycles. The third kappa shape index (κ3) is 3.66. The van der Waals surface area contributed by atoms with Gasteiger partial charge in [-0.25, -0.2) is 4.79 Å². The van der Waals surface area contributed by atoms with Crippen molar-refractivity contribution in [1.82, 2.24) is 0 Å². The first-order valence-electron chi connectivity index (χ1n) is 6.05. The first-order valence-corrected chi connectivity index (χ1v) is 7.64. The molecule has 0 atom stereocenters. The Bertz CT molecular complexity index is 759. The number of carboxylic acid groups (broad SMARTS) is 1. The van der Waals surface area contributed by atoms with E-state index in [2.05, 4.69) is 36.9 Å². The summed E-state index contributed by atoms with van der Waals surface area (Å²) in [5, 5.41) is 18.5. The maximum Gasteiger partial charge on any atom is 0.339 e. The number of hydrogen-bond acceptors (Lipinski definition) is 4. The van der Waals surface area contributed by atoms with E-state index in [1.807, 2.05) is 12.1 Å². The molecule has 0 radical (unpaired) electrons. The van der Waals surface area contributed by atoms with Crippen molar-refractivity contribution in [3.8, 4) is 11.5 Å². The molecular weight excluding hydrogens is 418 g/mol. The number of phenols is 1. The van der Waals surface area contributed by atoms with Gasteiger partial charge < -0.3 is 14.9 Å². The molecule has 2 aromatic rings. The van der Waals surface area contributed by atoms with Gasteiger partial charge in [0.1, 0.15) is 17.1 Å². The number of benzene rings is 2. The second kappa shape index (κ2) is 6.93. The molecule has 0 saturated heterocycles. The Morgan fingerprint density at radius 2 is 2.00 bits per heavy atom. The zero-order chi connectivity index (χ0) is 16.3. The zero-order valence-corrected chi connectivity index (χ0v) is 14.6. The molecule has 0 aliphatic rings. The third-order valence-corrected chi connectivity index (χ3v) is 3.85. The molecule has 5 nitrogen and oxygen atoms in total. The van der Waals surface area contributed by atoms with Crippen molar-refractivity contribution < 1.29 is 19.7 Å². The summed E-state index contributed by atoms with van der Waals surface area (Å²) < 4.78 is 6.92. The minimum absolute atomic E-state index is 0.197. The second-order valence-corrected chi connectivity index (χ2v) is 6.04. The van der Waals surface area contributed by atoms with Crippen molar-refractivity contribution in [2.45, 2.75) is 0 Å². The van der Waals surface area contributed by atoms with Crippen molar-refractivity contribution >= 4 is 49.7 Å². The predicted molar refractivity (Wildman–Crippen MR) is 90.7 cm³/mol. The van der Waals surface area contributed by atoms with Crippen molar-refractivity contribution in [2.75, 3.05) is 7.11 Å². The van der Waals surface area contributed by atoms with E-state index in [0.717, 1.165) is 8.95 Å². The lowest BCUT2D eigenvalue weighted by Gasteiger charge is -2.08. The quantitative estimate of drug-likeness (QED) is 0.708. The molecule has 0 bridgehead atoms. The number of nitrogens with zero attached hydrogens (tertiary/aromatic N) is 1. The largest absolute Gasteiger partial charge is 0.507 e. The van der Waals surface area contributed by atoms with Crippen LogP contribution in [0, 0.1) is 0 Å². The predicted octanol–water partition coefficient (Wildman–Crippen LogP) is 4.37. The smallest absolute Gasteiger partial charge is 0.339 e. The molecule has 0 fully saturated rings. The number of aromatic carboxylic acids is 1. The van der Waals surface area contributed by atoms with E-state index >= 15 is 0 Å². The summed E-state index contributed by atoms with van der Waals surface area (Å²) in [7, 11) is 1.55. The van der Waals surface area contributed by atoms with Gasteiger partial charge in [-0.3, -0.25) is 4.99 Å². The summed E-state index contributed by atoms with van der Waals surface area (Å²) in [4.78, 5) is 15.2. The van der Waals surface area contributed by atoms with Crippen LogP contribution in [0.4, 0.5) is 5.69 Å². The monoisotopic (exact) mass is 427 g/mol. The maximum atomic E-state index is 11.0. The van der Waals surface area contributed by atoms with Gasteiger partial charge in [0.2, 0.25) is 0 Å². The third-order valence-electron chi connectivity index (χ3n) is 2.80. The Labute approximate surface area is 143 Å². The average Bonchev–Trinajstić information content (AvgIpc) is 2.45. The number of aliphatic imine (C=N–C) groups is 1. The minimum Gasteiger partial charge on any atom is -0.507 e. The number of rotatable bonds is 4. The molecule has 2 rings (SSSR count). The molecule has 2 aromatic carbocycles. The van der Waals surface area contributed by atoms with Crippen LogP contribution < -0.4 is 4.74 Å². The molecule has 0 amide bonds. The SMILES string of the molecule is COc1c(Br)cc(Br)cc1C=Nc1ccc(O)c(C(=O)O)c1. The first-order chi connectivity index (χ1) is 10.4. The molecular formula is C15H11Br2NO4. The van der Waals surface area contributed by atoms with Crippen LogP contribution in [-0.4, -0.2) is 29.5 Å². The molecule has 0 spiro atoms. The number of ether oxygens (including phenoxy) is 1. The van der Waals surface area contributed by atoms with E-state index in [1.54, 1.807) is 13.3 Å². The molecule has 0 heterocycles. The molecule has 2 N–H and O–H groups in total. The highest BCUT2D eigenvalue weighted by Gasteiger charge is 2.10. The van der Waals surface area contributed by atoms with E-state index in [9.17, 15) is 9.90 Å². The minimum atomic E-state index is -1.21. The normalized spacial score (nSPS) is 10.9. The van der Waals surface area contributed by atoms with E-state index < -0.39 is 5.97 Å². The lowest BCUT2D eigenvalue weighted by atomic mass is 10.1. The van der Waals surface area contributed by atoms with Crippen molar-refractivity contribution in [3.05, 3.63) is 50.4 Å². The number of aromatic hydroxyl groups is 1. The van der Waals surface area contributed by atoms with Crippen LogP contribution in [0.15, 0.2) is 44.3 Å². The van der Waals surface area contributed by atoms with E-state index in [0.29, 0.717) is 17.0 Å². The van der Waals surface area contributed by atoms with Crippen LogP contribution >= 0.6 is 31.9 Å². The summed E-state index contributed by atoms with van der Waals surface area (Å²) >= 11 is 6.78. The van der Waals surface area contributed by atoms with Gasteiger partial charge in [0, 0.05) is 16.3 Å². The van der Waals surface area contributed by atoms with Crippen LogP contribution in [-0.2, 0) is 0 Å². The van der Waals surface area contributed by atoms with Crippen LogP contribution in [0.2, 0.25) is 0 Å². The van der Waals surface area contributed by atoms with Crippen LogP contribution in [0.1, 0.15) is 15.9 Å². The Hall–Kier alpha value is -1.86. The van der Waals surface area contributed by atoms with Gasteiger partial charge in [-0.2, -0.15) is 0 Å². The van der Waals surface area contributed by atoms with Crippen LogP contribution in [0.25, 0.3) is 0 Å². The van der Waals surface area contributed by atoms with Crippen molar-refractivity contribution in [3.63, 3.8) is 0 Å². The summed E-state index contributed by atoms with van der Waals surface area (Å²) in [6.07, 6.45) is 1.56. The van der Waals surface area contributed by atoms with Gasteiger partial charge in [0.25, 0.3) is 0 Å². The van der Waals surface area contributed by atoms with Crippen molar-refractivity contribution in [1.29, 1.82) is 0 Å². The van der Waals surface area contributed by atoms with Crippen LogP contribution in [0.3, 0.4) is 0 Å². The van der Waals surface area contributed by atoms with Gasteiger partial charge in [0.05, 0.1) is 17.3 Å². The second-order valence-electron chi connectivity index (χ2n) is 4.27. The van der Waals surface area contributed by atoms with Gasteiger partial charge >= 0.3 is 5.97 Å².